The first-order valence-electron chi connectivity index (χ1n) is 7.79. The van der Waals surface area contributed by atoms with Crippen LogP contribution in [0.25, 0.3) is 0 Å². The van der Waals surface area contributed by atoms with E-state index in [1.54, 1.807) is 7.11 Å². The first kappa shape index (κ1) is 17.4. The van der Waals surface area contributed by atoms with Crippen LogP contribution in [0.4, 0.5) is 0 Å². The third-order valence-electron chi connectivity index (χ3n) is 4.07. The highest BCUT2D eigenvalue weighted by Gasteiger charge is 2.26. The normalized spacial score (nSPS) is 18.5. The minimum atomic E-state index is -0.0817. The summed E-state index contributed by atoms with van der Waals surface area (Å²) in [5.41, 5.74) is 0. The molecule has 1 amide bonds. The fourth-order valence-corrected chi connectivity index (χ4v) is 2.75. The van der Waals surface area contributed by atoms with E-state index in [9.17, 15) is 4.79 Å². The molecule has 5 heteroatoms. The maximum atomic E-state index is 12.2. The Labute approximate surface area is 123 Å². The van der Waals surface area contributed by atoms with E-state index in [2.05, 4.69) is 29.4 Å². The molecule has 0 radical (unpaired) electrons. The predicted octanol–water partition coefficient (Wildman–Crippen LogP) is 0.848. The van der Waals surface area contributed by atoms with Crippen LogP contribution >= 0.6 is 0 Å². The van der Waals surface area contributed by atoms with E-state index < -0.39 is 0 Å². The van der Waals surface area contributed by atoms with Gasteiger partial charge >= 0.3 is 0 Å². The molecular formula is C15H31N3O2. The number of carbonyl (C=O) groups is 1. The van der Waals surface area contributed by atoms with Gasteiger partial charge in [-0.3, -0.25) is 9.69 Å². The number of carbonyl (C=O) groups excluding carboxylic acids is 1. The van der Waals surface area contributed by atoms with Crippen LogP contribution in [-0.4, -0.2) is 62.8 Å². The van der Waals surface area contributed by atoms with Crippen molar-refractivity contribution < 1.29 is 9.53 Å². The van der Waals surface area contributed by atoms with E-state index in [1.165, 1.54) is 12.8 Å². The largest absolute Gasteiger partial charge is 0.383 e. The molecule has 1 saturated heterocycles. The molecule has 0 bridgehead atoms. The Morgan fingerprint density at radius 2 is 2.00 bits per heavy atom. The molecule has 1 unspecified atom stereocenters. The van der Waals surface area contributed by atoms with Crippen LogP contribution in [0.15, 0.2) is 0 Å². The number of rotatable bonds is 8. The first-order chi connectivity index (χ1) is 9.56. The third kappa shape index (κ3) is 5.77. The summed E-state index contributed by atoms with van der Waals surface area (Å²) in [5.74, 6) is 0.803. The van der Waals surface area contributed by atoms with Crippen molar-refractivity contribution in [3.63, 3.8) is 0 Å². The van der Waals surface area contributed by atoms with Gasteiger partial charge in [0.25, 0.3) is 0 Å². The monoisotopic (exact) mass is 285 g/mol. The zero-order valence-corrected chi connectivity index (χ0v) is 13.4. The fraction of sp³-hybridized carbons (Fsp3) is 0.933. The zero-order chi connectivity index (χ0) is 15.0. The van der Waals surface area contributed by atoms with Gasteiger partial charge in [0.1, 0.15) is 0 Å². The Balaban J connectivity index is 2.48. The molecule has 0 aromatic carbocycles. The Bertz CT molecular complexity index is 278. The Morgan fingerprint density at radius 1 is 1.35 bits per heavy atom. The quantitative estimate of drug-likeness (QED) is 0.649. The second-order valence-corrected chi connectivity index (χ2v) is 5.94. The van der Waals surface area contributed by atoms with Crippen molar-refractivity contribution in [2.45, 2.75) is 45.7 Å². The zero-order valence-electron chi connectivity index (χ0n) is 13.4. The number of piperidine rings is 1. The highest BCUT2D eigenvalue weighted by atomic mass is 16.5. The van der Waals surface area contributed by atoms with Crippen molar-refractivity contribution >= 4 is 5.91 Å². The van der Waals surface area contributed by atoms with Crippen molar-refractivity contribution in [1.82, 2.24) is 15.5 Å². The van der Waals surface area contributed by atoms with Gasteiger partial charge in [-0.05, 0) is 52.6 Å². The van der Waals surface area contributed by atoms with E-state index in [-0.39, 0.29) is 11.9 Å². The number of hydrogen-bond acceptors (Lipinski definition) is 4. The van der Waals surface area contributed by atoms with Crippen molar-refractivity contribution in [3.8, 4) is 0 Å². The summed E-state index contributed by atoms with van der Waals surface area (Å²) in [6.45, 7) is 10.7. The molecule has 1 fully saturated rings. The molecule has 0 spiro atoms. The van der Waals surface area contributed by atoms with Crippen LogP contribution in [0, 0.1) is 5.92 Å². The summed E-state index contributed by atoms with van der Waals surface area (Å²) in [4.78, 5) is 14.5. The topological polar surface area (TPSA) is 53.6 Å². The number of nitrogens with zero attached hydrogens (tertiary/aromatic N) is 1. The number of amides is 1. The van der Waals surface area contributed by atoms with Crippen molar-refractivity contribution in [2.24, 2.45) is 5.92 Å². The highest BCUT2D eigenvalue weighted by molar-refractivity contribution is 5.81. The molecule has 2 N–H and O–H groups in total. The van der Waals surface area contributed by atoms with Crippen LogP contribution in [0.3, 0.4) is 0 Å². The van der Waals surface area contributed by atoms with E-state index in [0.29, 0.717) is 25.1 Å². The van der Waals surface area contributed by atoms with Crippen molar-refractivity contribution in [1.29, 1.82) is 0 Å². The summed E-state index contributed by atoms with van der Waals surface area (Å²) >= 11 is 0. The van der Waals surface area contributed by atoms with Gasteiger partial charge in [0.2, 0.25) is 5.91 Å². The maximum Gasteiger partial charge on any atom is 0.237 e. The lowest BCUT2D eigenvalue weighted by molar-refractivity contribution is -0.127. The van der Waals surface area contributed by atoms with Crippen LogP contribution in [0.5, 0.6) is 0 Å². The lowest BCUT2D eigenvalue weighted by atomic mass is 9.96. The average Bonchev–Trinajstić information content (AvgIpc) is 2.45. The Kier molecular flexibility index (Phi) is 8.11. The smallest absolute Gasteiger partial charge is 0.237 e. The molecule has 0 aromatic rings. The summed E-state index contributed by atoms with van der Waals surface area (Å²) in [6, 6.07) is 0.301. The molecule has 1 heterocycles. The van der Waals surface area contributed by atoms with Gasteiger partial charge in [0, 0.05) is 26.2 Å². The van der Waals surface area contributed by atoms with E-state index in [1.807, 2.05) is 6.92 Å². The van der Waals surface area contributed by atoms with Gasteiger partial charge in [-0.25, -0.2) is 0 Å². The second kappa shape index (κ2) is 9.32. The van der Waals surface area contributed by atoms with Crippen LogP contribution < -0.4 is 10.6 Å². The Morgan fingerprint density at radius 3 is 2.55 bits per heavy atom. The number of nitrogens with one attached hydrogen (secondary N) is 2. The predicted molar refractivity (Wildman–Crippen MR) is 81.8 cm³/mol. The molecule has 1 aliphatic rings. The molecule has 0 saturated carbocycles. The van der Waals surface area contributed by atoms with Crippen LogP contribution in [-0.2, 0) is 9.53 Å². The minimum absolute atomic E-state index is 0.0817. The molecule has 5 nitrogen and oxygen atoms in total. The number of hydrogen-bond donors (Lipinski definition) is 2. The van der Waals surface area contributed by atoms with Crippen molar-refractivity contribution in [2.75, 3.05) is 39.9 Å². The van der Waals surface area contributed by atoms with Gasteiger partial charge < -0.3 is 15.4 Å². The van der Waals surface area contributed by atoms with E-state index >= 15 is 0 Å². The maximum absolute atomic E-state index is 12.2. The molecule has 0 aliphatic carbocycles. The van der Waals surface area contributed by atoms with Crippen molar-refractivity contribution in [3.05, 3.63) is 0 Å². The van der Waals surface area contributed by atoms with E-state index in [0.717, 1.165) is 19.6 Å². The number of ether oxygens (including phenoxy) is 1. The third-order valence-corrected chi connectivity index (χ3v) is 4.07. The molecule has 1 rings (SSSR count). The van der Waals surface area contributed by atoms with Gasteiger partial charge in [-0.1, -0.05) is 0 Å². The second-order valence-electron chi connectivity index (χ2n) is 5.94. The molecule has 1 atom stereocenters. The van der Waals surface area contributed by atoms with Gasteiger partial charge in [-0.15, -0.1) is 0 Å². The summed E-state index contributed by atoms with van der Waals surface area (Å²) in [6.07, 6.45) is 2.42. The molecule has 20 heavy (non-hydrogen) atoms. The molecule has 118 valence electrons. The molecular weight excluding hydrogens is 254 g/mol. The van der Waals surface area contributed by atoms with Gasteiger partial charge in [0.05, 0.1) is 12.6 Å². The van der Waals surface area contributed by atoms with Crippen LogP contribution in [0.2, 0.25) is 0 Å². The summed E-state index contributed by atoms with van der Waals surface area (Å²) in [7, 11) is 1.65. The lowest BCUT2D eigenvalue weighted by Crippen LogP contribution is -2.51. The summed E-state index contributed by atoms with van der Waals surface area (Å²) in [5, 5.41) is 6.33. The SMILES string of the molecule is COCCNC(=O)C(C)N(CC1CCNCC1)C(C)C. The standard InChI is InChI=1S/C15H31N3O2/c1-12(2)18(11-14-5-7-16-8-6-14)13(3)15(19)17-9-10-20-4/h12-14,16H,5-11H2,1-4H3,(H,17,19). The molecule has 0 aromatic heterocycles. The summed E-state index contributed by atoms with van der Waals surface area (Å²) < 4.78 is 4.97. The van der Waals surface area contributed by atoms with Gasteiger partial charge in [0.15, 0.2) is 0 Å². The van der Waals surface area contributed by atoms with E-state index in [4.69, 9.17) is 4.74 Å². The molecule has 1 aliphatic heterocycles. The Hall–Kier alpha value is -0.650. The van der Waals surface area contributed by atoms with Crippen LogP contribution in [0.1, 0.15) is 33.6 Å². The minimum Gasteiger partial charge on any atom is -0.383 e. The first-order valence-corrected chi connectivity index (χ1v) is 7.79. The van der Waals surface area contributed by atoms with Gasteiger partial charge in [-0.2, -0.15) is 0 Å². The lowest BCUT2D eigenvalue weighted by Gasteiger charge is -2.36. The highest BCUT2D eigenvalue weighted by Crippen LogP contribution is 2.17. The number of methoxy groups -OCH3 is 1. The fourth-order valence-electron chi connectivity index (χ4n) is 2.75. The average molecular weight is 285 g/mol.